The maximum Gasteiger partial charge on any atom is 0.258 e. The van der Waals surface area contributed by atoms with E-state index in [0.29, 0.717) is 32.1 Å². The molecule has 0 unspecified atom stereocenters. The zero-order valence-electron chi connectivity index (χ0n) is 12.5. The predicted molar refractivity (Wildman–Crippen MR) is 98.0 cm³/mol. The third-order valence-corrected chi connectivity index (χ3v) is 3.92. The normalized spacial score (nSPS) is 10.4. The van der Waals surface area contributed by atoms with Crippen LogP contribution in [0.3, 0.4) is 0 Å². The van der Waals surface area contributed by atoms with Crippen LogP contribution in [0.2, 0.25) is 15.1 Å². The number of anilines is 1. The van der Waals surface area contributed by atoms with Gasteiger partial charge in [-0.15, -0.1) is 0 Å². The highest BCUT2D eigenvalue weighted by Crippen LogP contribution is 2.29. The maximum atomic E-state index is 12.2. The van der Waals surface area contributed by atoms with Crippen LogP contribution in [0.15, 0.2) is 55.0 Å². The number of hydrogen-bond acceptors (Lipinski definition) is 4. The molecule has 0 aliphatic rings. The first-order chi connectivity index (χ1) is 12.0. The number of aromatic nitrogens is 2. The highest BCUT2D eigenvalue weighted by molar-refractivity contribution is 6.35. The summed E-state index contributed by atoms with van der Waals surface area (Å²) >= 11 is 17.8. The molecule has 3 rings (SSSR count). The molecule has 1 N–H and O–H groups in total. The van der Waals surface area contributed by atoms with Crippen LogP contribution in [-0.4, -0.2) is 15.9 Å². The molecule has 2 aromatic heterocycles. The van der Waals surface area contributed by atoms with Gasteiger partial charge in [-0.1, -0.05) is 34.8 Å². The van der Waals surface area contributed by atoms with Crippen molar-refractivity contribution in [2.45, 2.75) is 0 Å². The number of nitrogens with one attached hydrogen (secondary N) is 1. The van der Waals surface area contributed by atoms with E-state index in [-0.39, 0.29) is 11.8 Å². The number of benzene rings is 1. The van der Waals surface area contributed by atoms with Crippen molar-refractivity contribution in [2.24, 2.45) is 0 Å². The summed E-state index contributed by atoms with van der Waals surface area (Å²) in [6, 6.07) is 9.80. The number of hydrogen-bond donors (Lipinski definition) is 1. The van der Waals surface area contributed by atoms with Crippen molar-refractivity contribution in [2.75, 3.05) is 5.32 Å². The maximum absolute atomic E-state index is 12.2. The first-order valence-electron chi connectivity index (χ1n) is 7.03. The summed E-state index contributed by atoms with van der Waals surface area (Å²) in [6.07, 6.45) is 4.36. The summed E-state index contributed by atoms with van der Waals surface area (Å²) in [7, 11) is 0. The Kier molecular flexibility index (Phi) is 5.38. The van der Waals surface area contributed by atoms with Gasteiger partial charge < -0.3 is 10.1 Å². The molecule has 126 valence electrons. The van der Waals surface area contributed by atoms with Crippen LogP contribution in [0.4, 0.5) is 5.69 Å². The monoisotopic (exact) mass is 393 g/mol. The van der Waals surface area contributed by atoms with Gasteiger partial charge in [-0.2, -0.15) is 0 Å². The summed E-state index contributed by atoms with van der Waals surface area (Å²) < 4.78 is 5.58. The molecular weight excluding hydrogens is 385 g/mol. The topological polar surface area (TPSA) is 64.1 Å². The summed E-state index contributed by atoms with van der Waals surface area (Å²) in [5, 5.41) is 3.78. The van der Waals surface area contributed by atoms with Gasteiger partial charge in [0.15, 0.2) is 0 Å². The van der Waals surface area contributed by atoms with Gasteiger partial charge >= 0.3 is 0 Å². The summed E-state index contributed by atoms with van der Waals surface area (Å²) in [5.74, 6) is 0.397. The Morgan fingerprint density at radius 1 is 1.00 bits per heavy atom. The van der Waals surface area contributed by atoms with Crippen LogP contribution in [0.25, 0.3) is 0 Å². The molecule has 0 spiro atoms. The summed E-state index contributed by atoms with van der Waals surface area (Å²) in [4.78, 5) is 20.1. The molecule has 8 heteroatoms. The van der Waals surface area contributed by atoms with E-state index in [1.54, 1.807) is 30.3 Å². The molecule has 0 radical (unpaired) electrons. The molecule has 0 aliphatic carbocycles. The van der Waals surface area contributed by atoms with Gasteiger partial charge in [0.25, 0.3) is 5.91 Å². The lowest BCUT2D eigenvalue weighted by Gasteiger charge is -2.09. The standard InChI is InChI=1S/C17H10Cl3N3O2/c18-10-7-15(20)17(22-8-10)25-12-3-1-11(2-4-12)23-16(24)13-9-21-6-5-14(13)19/h1-9H,(H,23,24). The largest absolute Gasteiger partial charge is 0.438 e. The Labute approximate surface area is 158 Å². The van der Waals surface area contributed by atoms with E-state index in [2.05, 4.69) is 15.3 Å². The van der Waals surface area contributed by atoms with E-state index in [9.17, 15) is 4.79 Å². The average molecular weight is 395 g/mol. The minimum absolute atomic E-state index is 0.241. The van der Waals surface area contributed by atoms with E-state index < -0.39 is 0 Å². The minimum Gasteiger partial charge on any atom is -0.438 e. The lowest BCUT2D eigenvalue weighted by atomic mass is 10.2. The highest BCUT2D eigenvalue weighted by Gasteiger charge is 2.11. The van der Waals surface area contributed by atoms with Crippen LogP contribution in [0.1, 0.15) is 10.4 Å². The van der Waals surface area contributed by atoms with Crippen molar-refractivity contribution in [3.05, 3.63) is 75.6 Å². The fourth-order valence-corrected chi connectivity index (χ4v) is 2.55. The van der Waals surface area contributed by atoms with Gasteiger partial charge in [-0.3, -0.25) is 9.78 Å². The van der Waals surface area contributed by atoms with Crippen LogP contribution >= 0.6 is 34.8 Å². The van der Waals surface area contributed by atoms with E-state index in [1.807, 2.05) is 0 Å². The van der Waals surface area contributed by atoms with Crippen molar-refractivity contribution in [1.29, 1.82) is 0 Å². The third kappa shape index (κ3) is 4.39. The quantitative estimate of drug-likeness (QED) is 0.636. The first kappa shape index (κ1) is 17.5. The molecule has 0 bridgehead atoms. The molecule has 0 saturated heterocycles. The molecule has 2 heterocycles. The Morgan fingerprint density at radius 2 is 1.76 bits per heavy atom. The van der Waals surface area contributed by atoms with Crippen LogP contribution in [-0.2, 0) is 0 Å². The van der Waals surface area contributed by atoms with Crippen LogP contribution < -0.4 is 10.1 Å². The predicted octanol–water partition coefficient (Wildman–Crippen LogP) is 5.48. The number of pyridine rings is 2. The molecule has 25 heavy (non-hydrogen) atoms. The second kappa shape index (κ2) is 7.70. The first-order valence-corrected chi connectivity index (χ1v) is 8.16. The molecule has 0 aliphatic heterocycles. The number of carbonyl (C=O) groups is 1. The van der Waals surface area contributed by atoms with Gasteiger partial charge in [0, 0.05) is 24.3 Å². The highest BCUT2D eigenvalue weighted by atomic mass is 35.5. The molecule has 5 nitrogen and oxygen atoms in total. The summed E-state index contributed by atoms with van der Waals surface area (Å²) in [6.45, 7) is 0. The van der Waals surface area contributed by atoms with Crippen molar-refractivity contribution in [3.8, 4) is 11.6 Å². The van der Waals surface area contributed by atoms with Crippen molar-refractivity contribution in [3.63, 3.8) is 0 Å². The zero-order valence-corrected chi connectivity index (χ0v) is 14.8. The molecule has 1 aromatic carbocycles. The molecule has 0 saturated carbocycles. The second-order valence-corrected chi connectivity index (χ2v) is 6.13. The Balaban J connectivity index is 1.70. The molecule has 0 atom stereocenters. The lowest BCUT2D eigenvalue weighted by Crippen LogP contribution is -2.12. The number of amides is 1. The molecule has 0 fully saturated rings. The number of ether oxygens (including phenoxy) is 1. The average Bonchev–Trinajstić information content (AvgIpc) is 2.59. The van der Waals surface area contributed by atoms with Gasteiger partial charge in [-0.05, 0) is 36.4 Å². The lowest BCUT2D eigenvalue weighted by molar-refractivity contribution is 0.102. The van der Waals surface area contributed by atoms with Crippen molar-refractivity contribution >= 4 is 46.4 Å². The number of nitrogens with zero attached hydrogens (tertiary/aromatic N) is 2. The Bertz CT molecular complexity index is 917. The van der Waals surface area contributed by atoms with E-state index in [4.69, 9.17) is 39.5 Å². The van der Waals surface area contributed by atoms with E-state index in [1.165, 1.54) is 24.7 Å². The second-order valence-electron chi connectivity index (χ2n) is 4.88. The van der Waals surface area contributed by atoms with Gasteiger partial charge in [-0.25, -0.2) is 4.98 Å². The van der Waals surface area contributed by atoms with E-state index >= 15 is 0 Å². The van der Waals surface area contributed by atoms with E-state index in [0.717, 1.165) is 0 Å². The fraction of sp³-hybridized carbons (Fsp3) is 0. The summed E-state index contributed by atoms with van der Waals surface area (Å²) in [5.41, 5.74) is 0.870. The van der Waals surface area contributed by atoms with Gasteiger partial charge in [0.05, 0.1) is 15.6 Å². The number of halogens is 3. The smallest absolute Gasteiger partial charge is 0.258 e. The Hall–Kier alpha value is -2.34. The zero-order chi connectivity index (χ0) is 17.8. The minimum atomic E-state index is -0.353. The number of rotatable bonds is 4. The van der Waals surface area contributed by atoms with Gasteiger partial charge in [0.2, 0.25) is 5.88 Å². The molecule has 1 amide bonds. The van der Waals surface area contributed by atoms with Crippen molar-refractivity contribution < 1.29 is 9.53 Å². The van der Waals surface area contributed by atoms with Crippen LogP contribution in [0.5, 0.6) is 11.6 Å². The fourth-order valence-electron chi connectivity index (χ4n) is 1.94. The van der Waals surface area contributed by atoms with Crippen molar-refractivity contribution in [1.82, 2.24) is 9.97 Å². The van der Waals surface area contributed by atoms with Gasteiger partial charge in [0.1, 0.15) is 10.8 Å². The molecular formula is C17H10Cl3N3O2. The Morgan fingerprint density at radius 3 is 2.44 bits per heavy atom. The molecule has 3 aromatic rings. The number of carbonyl (C=O) groups excluding carboxylic acids is 1. The third-order valence-electron chi connectivity index (χ3n) is 3.11. The van der Waals surface area contributed by atoms with Crippen LogP contribution in [0, 0.1) is 0 Å². The SMILES string of the molecule is O=C(Nc1ccc(Oc2ncc(Cl)cc2Cl)cc1)c1cnccc1Cl.